The first-order valence-electron chi connectivity index (χ1n) is 4.20. The molecule has 0 saturated carbocycles. The predicted molar refractivity (Wildman–Crippen MR) is 47.9 cm³/mol. The molecule has 1 aliphatic heterocycles. The maximum Gasteiger partial charge on any atom is 0.0974 e. The third kappa shape index (κ3) is 1.35. The molecule has 0 aliphatic carbocycles. The zero-order chi connectivity index (χ0) is 8.59. The zero-order valence-electron chi connectivity index (χ0n) is 8.13. The summed E-state index contributed by atoms with van der Waals surface area (Å²) in [6.45, 7) is 6.67. The Balaban J connectivity index is 2.75. The number of allylic oxidation sites excluding steroid dienone is 1. The molecule has 0 spiro atoms. The minimum absolute atomic E-state index is 0.521. The Morgan fingerprint density at radius 2 is 1.91 bits per heavy atom. The molecule has 1 atom stereocenters. The van der Waals surface area contributed by atoms with Crippen molar-refractivity contribution in [1.82, 2.24) is 9.80 Å². The van der Waals surface area contributed by atoms with Gasteiger partial charge >= 0.3 is 0 Å². The van der Waals surface area contributed by atoms with Crippen LogP contribution in [-0.4, -0.2) is 30.1 Å². The van der Waals surface area contributed by atoms with Crippen LogP contribution >= 0.6 is 0 Å². The monoisotopic (exact) mass is 154 g/mol. The average molecular weight is 154 g/mol. The number of hydrogen-bond donors (Lipinski definition) is 0. The standard InChI is InChI=1S/C9H18N2/c1-7(2)9-6-10(4)8(3)11(9)5/h6-8H,1-5H3. The fourth-order valence-corrected chi connectivity index (χ4v) is 1.45. The van der Waals surface area contributed by atoms with Crippen LogP contribution in [0.4, 0.5) is 0 Å². The molecule has 0 amide bonds. The molecule has 1 heterocycles. The molecule has 1 unspecified atom stereocenters. The van der Waals surface area contributed by atoms with Crippen molar-refractivity contribution in [3.05, 3.63) is 11.9 Å². The van der Waals surface area contributed by atoms with Crippen LogP contribution in [0.15, 0.2) is 11.9 Å². The lowest BCUT2D eigenvalue weighted by Gasteiger charge is -2.26. The molecule has 2 nitrogen and oxygen atoms in total. The number of nitrogens with zero attached hydrogens (tertiary/aromatic N) is 2. The van der Waals surface area contributed by atoms with Gasteiger partial charge in [0.25, 0.3) is 0 Å². The van der Waals surface area contributed by atoms with Crippen molar-refractivity contribution in [1.29, 1.82) is 0 Å². The summed E-state index contributed by atoms with van der Waals surface area (Å²) >= 11 is 0. The first-order valence-corrected chi connectivity index (χ1v) is 4.20. The van der Waals surface area contributed by atoms with Gasteiger partial charge < -0.3 is 9.80 Å². The topological polar surface area (TPSA) is 6.48 Å². The molecule has 1 aliphatic rings. The van der Waals surface area contributed by atoms with E-state index in [0.717, 1.165) is 0 Å². The zero-order valence-corrected chi connectivity index (χ0v) is 8.13. The minimum atomic E-state index is 0.521. The van der Waals surface area contributed by atoms with Crippen molar-refractivity contribution >= 4 is 0 Å². The van der Waals surface area contributed by atoms with Gasteiger partial charge in [-0.05, 0) is 12.8 Å². The van der Waals surface area contributed by atoms with Crippen molar-refractivity contribution in [3.8, 4) is 0 Å². The summed E-state index contributed by atoms with van der Waals surface area (Å²) in [6.07, 6.45) is 2.75. The van der Waals surface area contributed by atoms with E-state index in [1.807, 2.05) is 0 Å². The molecule has 2 heteroatoms. The van der Waals surface area contributed by atoms with E-state index in [0.29, 0.717) is 12.1 Å². The summed E-state index contributed by atoms with van der Waals surface area (Å²) in [7, 11) is 4.27. The van der Waals surface area contributed by atoms with Crippen LogP contribution in [0.5, 0.6) is 0 Å². The molecular formula is C9H18N2. The van der Waals surface area contributed by atoms with E-state index in [9.17, 15) is 0 Å². The molecule has 0 aromatic carbocycles. The highest BCUT2D eigenvalue weighted by molar-refractivity contribution is 5.09. The molecule has 0 fully saturated rings. The lowest BCUT2D eigenvalue weighted by molar-refractivity contribution is 0.208. The second-order valence-electron chi connectivity index (χ2n) is 3.62. The Hall–Kier alpha value is -0.660. The SMILES string of the molecule is CC(C)C1=CN(C)C(C)N1C. The van der Waals surface area contributed by atoms with Crippen LogP contribution in [0.3, 0.4) is 0 Å². The molecule has 11 heavy (non-hydrogen) atoms. The van der Waals surface area contributed by atoms with Crippen LogP contribution in [0.1, 0.15) is 20.8 Å². The largest absolute Gasteiger partial charge is 0.359 e. The molecule has 0 N–H and O–H groups in total. The summed E-state index contributed by atoms with van der Waals surface area (Å²) < 4.78 is 0. The fraction of sp³-hybridized carbons (Fsp3) is 0.778. The van der Waals surface area contributed by atoms with Gasteiger partial charge in [-0.25, -0.2) is 0 Å². The maximum atomic E-state index is 2.32. The van der Waals surface area contributed by atoms with Gasteiger partial charge in [0, 0.05) is 26.0 Å². The first kappa shape index (κ1) is 8.44. The van der Waals surface area contributed by atoms with Crippen LogP contribution in [-0.2, 0) is 0 Å². The molecular weight excluding hydrogens is 136 g/mol. The van der Waals surface area contributed by atoms with Gasteiger partial charge in [0.2, 0.25) is 0 Å². The lowest BCUT2D eigenvalue weighted by atomic mass is 10.1. The molecule has 0 radical (unpaired) electrons. The molecule has 64 valence electrons. The first-order chi connectivity index (χ1) is 5.04. The van der Waals surface area contributed by atoms with Crippen LogP contribution in [0.2, 0.25) is 0 Å². The highest BCUT2D eigenvalue weighted by Crippen LogP contribution is 2.24. The summed E-state index contributed by atoms with van der Waals surface area (Å²) in [5.41, 5.74) is 1.43. The Bertz CT molecular complexity index is 172. The highest BCUT2D eigenvalue weighted by Gasteiger charge is 2.23. The van der Waals surface area contributed by atoms with E-state index < -0.39 is 0 Å². The lowest BCUT2D eigenvalue weighted by Crippen LogP contribution is -2.32. The van der Waals surface area contributed by atoms with Gasteiger partial charge in [-0.3, -0.25) is 0 Å². The second-order valence-corrected chi connectivity index (χ2v) is 3.62. The van der Waals surface area contributed by atoms with E-state index in [1.54, 1.807) is 0 Å². The summed E-state index contributed by atoms with van der Waals surface area (Å²) in [5, 5.41) is 0. The van der Waals surface area contributed by atoms with Crippen molar-refractivity contribution < 1.29 is 0 Å². The fourth-order valence-electron chi connectivity index (χ4n) is 1.45. The Morgan fingerprint density at radius 1 is 1.36 bits per heavy atom. The smallest absolute Gasteiger partial charge is 0.0974 e. The van der Waals surface area contributed by atoms with Gasteiger partial charge in [-0.2, -0.15) is 0 Å². The van der Waals surface area contributed by atoms with Crippen molar-refractivity contribution in [2.75, 3.05) is 14.1 Å². The quantitative estimate of drug-likeness (QED) is 0.567. The van der Waals surface area contributed by atoms with E-state index in [-0.39, 0.29) is 0 Å². The van der Waals surface area contributed by atoms with E-state index in [2.05, 4.69) is 50.9 Å². The van der Waals surface area contributed by atoms with E-state index in [1.165, 1.54) is 5.70 Å². The van der Waals surface area contributed by atoms with Crippen LogP contribution < -0.4 is 0 Å². The summed E-state index contributed by atoms with van der Waals surface area (Å²) in [4.78, 5) is 4.57. The Kier molecular flexibility index (Phi) is 2.12. The van der Waals surface area contributed by atoms with Crippen molar-refractivity contribution in [2.45, 2.75) is 26.9 Å². The Morgan fingerprint density at radius 3 is 2.09 bits per heavy atom. The third-order valence-electron chi connectivity index (χ3n) is 2.48. The number of hydrogen-bond acceptors (Lipinski definition) is 2. The average Bonchev–Trinajstić information content (AvgIpc) is 2.17. The third-order valence-corrected chi connectivity index (χ3v) is 2.48. The molecule has 1 rings (SSSR count). The Labute approximate surface area is 69.5 Å². The van der Waals surface area contributed by atoms with Crippen molar-refractivity contribution in [3.63, 3.8) is 0 Å². The summed E-state index contributed by atoms with van der Waals surface area (Å²) in [5.74, 6) is 0.632. The van der Waals surface area contributed by atoms with E-state index >= 15 is 0 Å². The predicted octanol–water partition coefficient (Wildman–Crippen LogP) is 1.71. The maximum absolute atomic E-state index is 2.32. The summed E-state index contributed by atoms with van der Waals surface area (Å²) in [6, 6.07) is 0. The van der Waals surface area contributed by atoms with E-state index in [4.69, 9.17) is 0 Å². The molecule has 0 bridgehead atoms. The number of rotatable bonds is 1. The minimum Gasteiger partial charge on any atom is -0.359 e. The van der Waals surface area contributed by atoms with Crippen LogP contribution in [0, 0.1) is 5.92 Å². The van der Waals surface area contributed by atoms with Crippen molar-refractivity contribution in [2.24, 2.45) is 5.92 Å². The van der Waals surface area contributed by atoms with Gasteiger partial charge in [-0.1, -0.05) is 13.8 Å². The van der Waals surface area contributed by atoms with Gasteiger partial charge in [0.1, 0.15) is 0 Å². The molecule has 0 aromatic rings. The molecule has 0 aromatic heterocycles. The van der Waals surface area contributed by atoms with Gasteiger partial charge in [-0.15, -0.1) is 0 Å². The molecule has 0 saturated heterocycles. The second kappa shape index (κ2) is 2.76. The van der Waals surface area contributed by atoms with Gasteiger partial charge in [0.15, 0.2) is 0 Å². The van der Waals surface area contributed by atoms with Gasteiger partial charge in [0.05, 0.1) is 6.17 Å². The highest BCUT2D eigenvalue weighted by atomic mass is 15.4. The van der Waals surface area contributed by atoms with Crippen LogP contribution in [0.25, 0.3) is 0 Å². The normalized spacial score (nSPS) is 24.9.